The van der Waals surface area contributed by atoms with E-state index in [4.69, 9.17) is 9.15 Å². The highest BCUT2D eigenvalue weighted by Gasteiger charge is 2.13. The van der Waals surface area contributed by atoms with Crippen LogP contribution >= 0.6 is 0 Å². The van der Waals surface area contributed by atoms with Gasteiger partial charge in [0, 0.05) is 36.1 Å². The Morgan fingerprint density at radius 2 is 2.13 bits per heavy atom. The second kappa shape index (κ2) is 8.98. The number of hydrogen-bond donors (Lipinski definition) is 1. The number of nitriles is 1. The molecule has 9 nitrogen and oxygen atoms in total. The smallest absolute Gasteiger partial charge is 0.270 e. The molecule has 30 heavy (non-hydrogen) atoms. The van der Waals surface area contributed by atoms with Gasteiger partial charge in [-0.1, -0.05) is 6.07 Å². The number of aromatic nitrogens is 1. The lowest BCUT2D eigenvalue weighted by molar-refractivity contribution is -0.384. The molecule has 3 rings (SSSR count). The molecule has 0 aliphatic heterocycles. The highest BCUT2D eigenvalue weighted by Crippen LogP contribution is 2.29. The fourth-order valence-corrected chi connectivity index (χ4v) is 2.93. The van der Waals surface area contributed by atoms with Crippen molar-refractivity contribution in [2.45, 2.75) is 20.5 Å². The van der Waals surface area contributed by atoms with Gasteiger partial charge in [-0.2, -0.15) is 10.4 Å². The summed E-state index contributed by atoms with van der Waals surface area (Å²) in [5.41, 5.74) is 6.03. The molecular weight excluding hydrogens is 386 g/mol. The SMILES string of the molecule is COCc1cc(C)nc(NN=Cc2ccc(-c3cc([N+](=O)[O-])ccc3C)o2)c1C#N. The van der Waals surface area contributed by atoms with E-state index in [0.717, 1.165) is 11.3 Å². The quantitative estimate of drug-likeness (QED) is 0.352. The van der Waals surface area contributed by atoms with Crippen LogP contribution in [0.2, 0.25) is 0 Å². The molecule has 0 unspecified atom stereocenters. The van der Waals surface area contributed by atoms with E-state index in [1.165, 1.54) is 18.3 Å². The monoisotopic (exact) mass is 405 g/mol. The van der Waals surface area contributed by atoms with Crippen LogP contribution < -0.4 is 5.43 Å². The topological polar surface area (TPSA) is 127 Å². The van der Waals surface area contributed by atoms with Crippen LogP contribution in [0.25, 0.3) is 11.3 Å². The summed E-state index contributed by atoms with van der Waals surface area (Å²) in [5.74, 6) is 1.25. The van der Waals surface area contributed by atoms with Crippen LogP contribution in [0, 0.1) is 35.3 Å². The van der Waals surface area contributed by atoms with Gasteiger partial charge in [-0.15, -0.1) is 0 Å². The zero-order chi connectivity index (χ0) is 21.7. The lowest BCUT2D eigenvalue weighted by Crippen LogP contribution is -2.03. The molecule has 1 aromatic carbocycles. The van der Waals surface area contributed by atoms with E-state index in [1.54, 1.807) is 31.4 Å². The fraction of sp³-hybridized carbons (Fsp3) is 0.190. The van der Waals surface area contributed by atoms with Crippen molar-refractivity contribution in [1.29, 1.82) is 5.26 Å². The van der Waals surface area contributed by atoms with Gasteiger partial charge in [-0.05, 0) is 37.6 Å². The molecule has 0 aliphatic rings. The molecule has 9 heteroatoms. The molecular formula is C21H19N5O4. The second-order valence-electron chi connectivity index (χ2n) is 6.52. The van der Waals surface area contributed by atoms with Crippen molar-refractivity contribution in [3.63, 3.8) is 0 Å². The zero-order valence-corrected chi connectivity index (χ0v) is 16.7. The number of aryl methyl sites for hydroxylation is 2. The largest absolute Gasteiger partial charge is 0.455 e. The van der Waals surface area contributed by atoms with Gasteiger partial charge in [0.1, 0.15) is 23.2 Å². The molecule has 0 spiro atoms. The van der Waals surface area contributed by atoms with Gasteiger partial charge in [0.2, 0.25) is 0 Å². The molecule has 0 aliphatic carbocycles. The van der Waals surface area contributed by atoms with E-state index in [1.807, 2.05) is 13.8 Å². The molecule has 2 heterocycles. The van der Waals surface area contributed by atoms with Crippen molar-refractivity contribution in [2.75, 3.05) is 12.5 Å². The van der Waals surface area contributed by atoms with Crippen molar-refractivity contribution in [3.05, 3.63) is 74.7 Å². The Morgan fingerprint density at radius 3 is 2.83 bits per heavy atom. The summed E-state index contributed by atoms with van der Waals surface area (Å²) < 4.78 is 10.9. The molecule has 0 bridgehead atoms. The van der Waals surface area contributed by atoms with Crippen LogP contribution in [0.1, 0.15) is 28.1 Å². The maximum Gasteiger partial charge on any atom is 0.270 e. The molecule has 3 aromatic rings. The van der Waals surface area contributed by atoms with Gasteiger partial charge in [-0.25, -0.2) is 4.98 Å². The summed E-state index contributed by atoms with van der Waals surface area (Å²) in [5, 5.41) is 24.6. The summed E-state index contributed by atoms with van der Waals surface area (Å²) in [7, 11) is 1.56. The number of benzene rings is 1. The first-order valence-corrected chi connectivity index (χ1v) is 8.96. The van der Waals surface area contributed by atoms with E-state index in [0.29, 0.717) is 34.0 Å². The normalized spacial score (nSPS) is 10.9. The minimum atomic E-state index is -0.447. The average molecular weight is 405 g/mol. The summed E-state index contributed by atoms with van der Waals surface area (Å²) in [6.07, 6.45) is 1.44. The van der Waals surface area contributed by atoms with Gasteiger partial charge in [0.05, 0.1) is 17.7 Å². The number of furan rings is 1. The molecule has 0 atom stereocenters. The molecule has 0 fully saturated rings. The van der Waals surface area contributed by atoms with Crippen molar-refractivity contribution < 1.29 is 14.1 Å². The number of nitro benzene ring substituents is 1. The predicted octanol–water partition coefficient (Wildman–Crippen LogP) is 4.33. The van der Waals surface area contributed by atoms with E-state index in [-0.39, 0.29) is 12.3 Å². The Labute approximate surface area is 172 Å². The minimum Gasteiger partial charge on any atom is -0.455 e. The van der Waals surface area contributed by atoms with Crippen LogP contribution in [0.15, 0.2) is 45.9 Å². The Morgan fingerprint density at radius 1 is 1.33 bits per heavy atom. The number of pyridine rings is 1. The lowest BCUT2D eigenvalue weighted by Gasteiger charge is -2.08. The second-order valence-corrected chi connectivity index (χ2v) is 6.52. The number of nitrogens with one attached hydrogen (secondary N) is 1. The minimum absolute atomic E-state index is 0.00898. The van der Waals surface area contributed by atoms with Crippen LogP contribution in [0.3, 0.4) is 0 Å². The first-order valence-electron chi connectivity index (χ1n) is 8.96. The van der Waals surface area contributed by atoms with Crippen LogP contribution in [0.4, 0.5) is 11.5 Å². The van der Waals surface area contributed by atoms with Crippen LogP contribution in [0.5, 0.6) is 0 Å². The van der Waals surface area contributed by atoms with Crippen molar-refractivity contribution in [2.24, 2.45) is 5.10 Å². The summed E-state index contributed by atoms with van der Waals surface area (Å²) in [4.78, 5) is 14.9. The maximum absolute atomic E-state index is 11.0. The highest BCUT2D eigenvalue weighted by molar-refractivity contribution is 5.78. The van der Waals surface area contributed by atoms with E-state index in [2.05, 4.69) is 21.6 Å². The van der Waals surface area contributed by atoms with Crippen LogP contribution in [-0.2, 0) is 11.3 Å². The Balaban J connectivity index is 1.82. The first kappa shape index (κ1) is 20.7. The third-order valence-electron chi connectivity index (χ3n) is 4.33. The molecule has 152 valence electrons. The summed E-state index contributed by atoms with van der Waals surface area (Å²) >= 11 is 0. The third kappa shape index (κ3) is 4.51. The number of hydrogen-bond acceptors (Lipinski definition) is 8. The number of non-ortho nitro benzene ring substituents is 1. The molecule has 2 aromatic heterocycles. The number of ether oxygens (including phenoxy) is 1. The predicted molar refractivity (Wildman–Crippen MR) is 111 cm³/mol. The fourth-order valence-electron chi connectivity index (χ4n) is 2.93. The van der Waals surface area contributed by atoms with Gasteiger partial charge in [-0.3, -0.25) is 15.5 Å². The molecule has 0 radical (unpaired) electrons. The first-order chi connectivity index (χ1) is 14.4. The number of nitro groups is 1. The number of rotatable bonds is 7. The van der Waals surface area contributed by atoms with Crippen molar-refractivity contribution in [1.82, 2.24) is 4.98 Å². The number of methoxy groups -OCH3 is 1. The van der Waals surface area contributed by atoms with Gasteiger partial charge < -0.3 is 9.15 Å². The molecule has 1 N–H and O–H groups in total. The summed E-state index contributed by atoms with van der Waals surface area (Å²) in [6, 6.07) is 11.9. The van der Waals surface area contributed by atoms with Crippen molar-refractivity contribution in [3.8, 4) is 17.4 Å². The van der Waals surface area contributed by atoms with Crippen LogP contribution in [-0.4, -0.2) is 23.2 Å². The number of hydrazone groups is 1. The molecule has 0 saturated carbocycles. The van der Waals surface area contributed by atoms with E-state index in [9.17, 15) is 15.4 Å². The Bertz CT molecular complexity index is 1160. The lowest BCUT2D eigenvalue weighted by atomic mass is 10.1. The molecule has 0 amide bonds. The van der Waals surface area contributed by atoms with E-state index < -0.39 is 4.92 Å². The average Bonchev–Trinajstić information content (AvgIpc) is 3.17. The maximum atomic E-state index is 11.0. The van der Waals surface area contributed by atoms with Gasteiger partial charge >= 0.3 is 0 Å². The zero-order valence-electron chi connectivity index (χ0n) is 16.7. The Hall–Kier alpha value is -4.03. The van der Waals surface area contributed by atoms with Gasteiger partial charge in [0.15, 0.2) is 5.82 Å². The third-order valence-corrected chi connectivity index (χ3v) is 4.33. The van der Waals surface area contributed by atoms with E-state index >= 15 is 0 Å². The highest BCUT2D eigenvalue weighted by atomic mass is 16.6. The summed E-state index contributed by atoms with van der Waals surface area (Å²) in [6.45, 7) is 3.95. The standard InChI is InChI=1S/C21H19N5O4/c1-13-4-5-16(26(27)28)9-18(13)20-7-6-17(30-20)11-23-25-21-19(10-22)15(12-29-3)8-14(2)24-21/h4-9,11H,12H2,1-3H3,(H,24,25). The number of nitrogens with zero attached hydrogens (tertiary/aromatic N) is 4. The Kier molecular flexibility index (Phi) is 6.20. The van der Waals surface area contributed by atoms with Crippen molar-refractivity contribution >= 4 is 17.7 Å². The molecule has 0 saturated heterocycles. The van der Waals surface area contributed by atoms with Gasteiger partial charge in [0.25, 0.3) is 5.69 Å². The number of anilines is 1.